The zero-order valence-corrected chi connectivity index (χ0v) is 13.3. The lowest BCUT2D eigenvalue weighted by Crippen LogP contribution is -2.42. The molecule has 1 aliphatic rings. The predicted molar refractivity (Wildman–Crippen MR) is 79.4 cm³/mol. The molecule has 0 radical (unpaired) electrons. The molecule has 1 saturated heterocycles. The predicted octanol–water partition coefficient (Wildman–Crippen LogP) is 2.23. The van der Waals surface area contributed by atoms with Gasteiger partial charge in [-0.1, -0.05) is 12.1 Å². The summed E-state index contributed by atoms with van der Waals surface area (Å²) in [6.45, 7) is 12.9. The standard InChI is InChI=1S/C15H28N4O/c1-5-14-17-13(18-20-14)11-19-8-6-12(7-9-19)10-16-15(2,3)4/h12,16H,5-11H2,1-4H3. The molecule has 1 fully saturated rings. The van der Waals surface area contributed by atoms with Gasteiger partial charge in [-0.2, -0.15) is 4.98 Å². The molecule has 1 aromatic rings. The fourth-order valence-corrected chi connectivity index (χ4v) is 2.50. The minimum Gasteiger partial charge on any atom is -0.339 e. The number of nitrogens with one attached hydrogen (secondary N) is 1. The van der Waals surface area contributed by atoms with Crippen LogP contribution >= 0.6 is 0 Å². The molecule has 0 saturated carbocycles. The second-order valence-corrected chi connectivity index (χ2v) is 6.81. The third kappa shape index (κ3) is 4.87. The summed E-state index contributed by atoms with van der Waals surface area (Å²) in [7, 11) is 0. The van der Waals surface area contributed by atoms with Gasteiger partial charge in [0, 0.05) is 12.0 Å². The van der Waals surface area contributed by atoms with E-state index in [4.69, 9.17) is 4.52 Å². The molecule has 20 heavy (non-hydrogen) atoms. The molecule has 5 nitrogen and oxygen atoms in total. The minimum absolute atomic E-state index is 0.221. The summed E-state index contributed by atoms with van der Waals surface area (Å²) < 4.78 is 5.15. The van der Waals surface area contributed by atoms with Gasteiger partial charge in [0.15, 0.2) is 5.82 Å². The van der Waals surface area contributed by atoms with Gasteiger partial charge in [-0.3, -0.25) is 4.90 Å². The molecule has 2 rings (SSSR count). The molecule has 1 aromatic heterocycles. The van der Waals surface area contributed by atoms with Gasteiger partial charge in [-0.15, -0.1) is 0 Å². The maximum atomic E-state index is 5.15. The summed E-state index contributed by atoms with van der Waals surface area (Å²) >= 11 is 0. The molecule has 1 aliphatic heterocycles. The molecule has 1 N–H and O–H groups in total. The average Bonchev–Trinajstić information content (AvgIpc) is 2.85. The number of hydrogen-bond donors (Lipinski definition) is 1. The van der Waals surface area contributed by atoms with Crippen LogP contribution in [0, 0.1) is 5.92 Å². The van der Waals surface area contributed by atoms with Crippen LogP contribution in [-0.4, -0.2) is 40.2 Å². The van der Waals surface area contributed by atoms with Crippen molar-refractivity contribution in [2.75, 3.05) is 19.6 Å². The van der Waals surface area contributed by atoms with Crippen LogP contribution in [0.2, 0.25) is 0 Å². The Balaban J connectivity index is 1.71. The van der Waals surface area contributed by atoms with Gasteiger partial charge in [-0.25, -0.2) is 0 Å². The first kappa shape index (κ1) is 15.4. The van der Waals surface area contributed by atoms with Gasteiger partial charge in [-0.05, 0) is 59.2 Å². The molecular formula is C15H28N4O. The zero-order chi connectivity index (χ0) is 14.6. The van der Waals surface area contributed by atoms with Crippen molar-refractivity contribution in [3.8, 4) is 0 Å². The minimum atomic E-state index is 0.221. The number of likely N-dealkylation sites (tertiary alicyclic amines) is 1. The number of aromatic nitrogens is 2. The van der Waals surface area contributed by atoms with E-state index in [9.17, 15) is 0 Å². The van der Waals surface area contributed by atoms with Gasteiger partial charge in [0.1, 0.15) is 0 Å². The number of hydrogen-bond acceptors (Lipinski definition) is 5. The van der Waals surface area contributed by atoms with Crippen molar-refractivity contribution in [3.63, 3.8) is 0 Å². The Morgan fingerprint density at radius 1 is 1.30 bits per heavy atom. The SMILES string of the molecule is CCc1nc(CN2CCC(CNC(C)(C)C)CC2)no1. The highest BCUT2D eigenvalue weighted by atomic mass is 16.5. The first-order valence-corrected chi connectivity index (χ1v) is 7.75. The van der Waals surface area contributed by atoms with Crippen LogP contribution < -0.4 is 5.32 Å². The fraction of sp³-hybridized carbons (Fsp3) is 0.867. The van der Waals surface area contributed by atoms with Crippen molar-refractivity contribution in [2.45, 2.75) is 59.0 Å². The van der Waals surface area contributed by atoms with Crippen LogP contribution in [0.3, 0.4) is 0 Å². The largest absolute Gasteiger partial charge is 0.339 e. The lowest BCUT2D eigenvalue weighted by Gasteiger charge is -2.33. The van der Waals surface area contributed by atoms with Crippen LogP contribution in [0.1, 0.15) is 52.3 Å². The van der Waals surface area contributed by atoms with Crippen molar-refractivity contribution in [1.29, 1.82) is 0 Å². The summed E-state index contributed by atoms with van der Waals surface area (Å²) in [5.41, 5.74) is 0.221. The number of aryl methyl sites for hydroxylation is 1. The third-order valence-corrected chi connectivity index (χ3v) is 3.81. The number of piperidine rings is 1. The lowest BCUT2D eigenvalue weighted by atomic mass is 9.95. The molecular weight excluding hydrogens is 252 g/mol. The molecule has 0 unspecified atom stereocenters. The summed E-state index contributed by atoms with van der Waals surface area (Å²) in [5.74, 6) is 2.36. The van der Waals surface area contributed by atoms with E-state index in [1.807, 2.05) is 6.92 Å². The first-order chi connectivity index (χ1) is 9.46. The van der Waals surface area contributed by atoms with Crippen LogP contribution in [-0.2, 0) is 13.0 Å². The summed E-state index contributed by atoms with van der Waals surface area (Å²) in [6.07, 6.45) is 3.32. The van der Waals surface area contributed by atoms with Crippen LogP contribution in [0.25, 0.3) is 0 Å². The molecule has 114 valence electrons. The van der Waals surface area contributed by atoms with Gasteiger partial charge >= 0.3 is 0 Å². The van der Waals surface area contributed by atoms with Crippen LogP contribution in [0.4, 0.5) is 0 Å². The Kier molecular flexibility index (Phi) is 5.16. The summed E-state index contributed by atoms with van der Waals surface area (Å²) in [4.78, 5) is 6.81. The maximum Gasteiger partial charge on any atom is 0.226 e. The second-order valence-electron chi connectivity index (χ2n) is 6.81. The summed E-state index contributed by atoms with van der Waals surface area (Å²) in [6, 6.07) is 0. The second kappa shape index (κ2) is 6.68. The Hall–Kier alpha value is -0.940. The maximum absolute atomic E-state index is 5.15. The van der Waals surface area contributed by atoms with Crippen molar-refractivity contribution < 1.29 is 4.52 Å². The van der Waals surface area contributed by atoms with Gasteiger partial charge in [0.2, 0.25) is 5.89 Å². The molecule has 0 aliphatic carbocycles. The quantitative estimate of drug-likeness (QED) is 0.896. The Morgan fingerprint density at radius 3 is 2.55 bits per heavy atom. The van der Waals surface area contributed by atoms with Gasteiger partial charge in [0.05, 0.1) is 6.54 Å². The molecule has 0 aromatic carbocycles. The molecule has 0 spiro atoms. The van der Waals surface area contributed by atoms with E-state index in [-0.39, 0.29) is 5.54 Å². The monoisotopic (exact) mass is 280 g/mol. The first-order valence-electron chi connectivity index (χ1n) is 7.75. The van der Waals surface area contributed by atoms with E-state index in [2.05, 4.69) is 41.1 Å². The Bertz CT molecular complexity index is 402. The highest BCUT2D eigenvalue weighted by Gasteiger charge is 2.21. The summed E-state index contributed by atoms with van der Waals surface area (Å²) in [5, 5.41) is 7.64. The van der Waals surface area contributed by atoms with Crippen molar-refractivity contribution in [2.24, 2.45) is 5.92 Å². The van der Waals surface area contributed by atoms with E-state index < -0.39 is 0 Å². The Labute approximate surface area is 122 Å². The smallest absolute Gasteiger partial charge is 0.226 e. The number of rotatable bonds is 5. The van der Waals surface area contributed by atoms with Crippen LogP contribution in [0.5, 0.6) is 0 Å². The molecule has 0 atom stereocenters. The molecule has 0 bridgehead atoms. The van der Waals surface area contributed by atoms with E-state index in [0.717, 1.165) is 50.2 Å². The van der Waals surface area contributed by atoms with Crippen molar-refractivity contribution in [1.82, 2.24) is 20.4 Å². The number of nitrogens with zero attached hydrogens (tertiary/aromatic N) is 3. The van der Waals surface area contributed by atoms with Gasteiger partial charge in [0.25, 0.3) is 0 Å². The molecule has 2 heterocycles. The molecule has 5 heteroatoms. The van der Waals surface area contributed by atoms with E-state index in [0.29, 0.717) is 0 Å². The molecule has 0 amide bonds. The topological polar surface area (TPSA) is 54.2 Å². The lowest BCUT2D eigenvalue weighted by molar-refractivity contribution is 0.165. The third-order valence-electron chi connectivity index (χ3n) is 3.81. The highest BCUT2D eigenvalue weighted by molar-refractivity contribution is 4.87. The normalized spacial score (nSPS) is 18.6. The van der Waals surface area contributed by atoms with Crippen molar-refractivity contribution in [3.05, 3.63) is 11.7 Å². The van der Waals surface area contributed by atoms with E-state index in [1.54, 1.807) is 0 Å². The van der Waals surface area contributed by atoms with Gasteiger partial charge < -0.3 is 9.84 Å². The fourth-order valence-electron chi connectivity index (χ4n) is 2.50. The zero-order valence-electron chi connectivity index (χ0n) is 13.3. The van der Waals surface area contributed by atoms with E-state index in [1.165, 1.54) is 12.8 Å². The van der Waals surface area contributed by atoms with Crippen molar-refractivity contribution >= 4 is 0 Å². The van der Waals surface area contributed by atoms with E-state index >= 15 is 0 Å². The van der Waals surface area contributed by atoms with Crippen LogP contribution in [0.15, 0.2) is 4.52 Å². The average molecular weight is 280 g/mol. The Morgan fingerprint density at radius 2 is 2.00 bits per heavy atom. The highest BCUT2D eigenvalue weighted by Crippen LogP contribution is 2.18.